The van der Waals surface area contributed by atoms with E-state index >= 15 is 0 Å². The highest BCUT2D eigenvalue weighted by Crippen LogP contribution is 2.66. The van der Waals surface area contributed by atoms with Gasteiger partial charge in [0.05, 0.1) is 11.1 Å². The molecule has 0 aromatic heterocycles. The third-order valence-electron chi connectivity index (χ3n) is 14.7. The molecule has 1 spiro atoms. The summed E-state index contributed by atoms with van der Waals surface area (Å²) in [7, 11) is 0. The summed E-state index contributed by atoms with van der Waals surface area (Å²) in [5.41, 5.74) is 26.0. The predicted molar refractivity (Wildman–Crippen MR) is 271 cm³/mol. The number of anilines is 3. The standard InChI is InChI=1S/C64H45N/c1-63(2)55-30-13-9-23-48(55)50-40-39-46(41-59(50)63)65(45-37-35-43(36-38-45)42-19-5-3-6-20-42)60-34-16-12-25-51(60)53-29-17-28-52-49-24-10-14-31-56(49)64(62(52)53)57-32-15-11-26-54(57)61-47(27-18-33-58(61)64)44-21-7-4-8-22-44/h3-41H,1-2H3. The Morgan fingerprint density at radius 1 is 0.292 bits per heavy atom. The smallest absolute Gasteiger partial charge is 0.0731 e. The molecule has 0 amide bonds. The summed E-state index contributed by atoms with van der Waals surface area (Å²) in [6.07, 6.45) is 0. The fourth-order valence-corrected chi connectivity index (χ4v) is 11.9. The van der Waals surface area contributed by atoms with Crippen LogP contribution < -0.4 is 4.90 Å². The molecule has 3 aliphatic rings. The minimum atomic E-state index is -0.544. The molecule has 0 aliphatic heterocycles. The number of nitrogens with zero attached hydrogens (tertiary/aromatic N) is 1. The predicted octanol–water partition coefficient (Wildman–Crippen LogP) is 16.8. The monoisotopic (exact) mass is 827 g/mol. The minimum Gasteiger partial charge on any atom is -0.310 e. The van der Waals surface area contributed by atoms with Crippen molar-refractivity contribution in [1.29, 1.82) is 0 Å². The maximum absolute atomic E-state index is 2.50. The lowest BCUT2D eigenvalue weighted by Crippen LogP contribution is -2.26. The van der Waals surface area contributed by atoms with Crippen molar-refractivity contribution in [3.8, 4) is 66.8 Å². The molecule has 10 aromatic rings. The highest BCUT2D eigenvalue weighted by Gasteiger charge is 2.53. The molecule has 13 rings (SSSR count). The molecule has 1 atom stereocenters. The van der Waals surface area contributed by atoms with E-state index in [0.29, 0.717) is 0 Å². The van der Waals surface area contributed by atoms with Gasteiger partial charge < -0.3 is 4.90 Å². The molecule has 0 heterocycles. The summed E-state index contributed by atoms with van der Waals surface area (Å²) in [4.78, 5) is 2.50. The summed E-state index contributed by atoms with van der Waals surface area (Å²) >= 11 is 0. The van der Waals surface area contributed by atoms with Crippen LogP contribution >= 0.6 is 0 Å². The first kappa shape index (κ1) is 37.5. The van der Waals surface area contributed by atoms with Crippen molar-refractivity contribution < 1.29 is 0 Å². The number of para-hydroxylation sites is 1. The fourth-order valence-electron chi connectivity index (χ4n) is 11.9. The maximum Gasteiger partial charge on any atom is 0.0731 e. The van der Waals surface area contributed by atoms with E-state index in [1.54, 1.807) is 0 Å². The van der Waals surface area contributed by atoms with Crippen molar-refractivity contribution >= 4 is 17.1 Å². The summed E-state index contributed by atoms with van der Waals surface area (Å²) in [6, 6.07) is 88.3. The van der Waals surface area contributed by atoms with Crippen LogP contribution in [0.25, 0.3) is 66.8 Å². The van der Waals surface area contributed by atoms with E-state index < -0.39 is 5.41 Å². The number of hydrogen-bond donors (Lipinski definition) is 0. The second-order valence-electron chi connectivity index (χ2n) is 18.3. The maximum atomic E-state index is 2.50. The molecule has 3 aliphatic carbocycles. The zero-order valence-electron chi connectivity index (χ0n) is 36.5. The second kappa shape index (κ2) is 14.3. The Kier molecular flexibility index (Phi) is 8.24. The Bertz CT molecular complexity index is 3510. The summed E-state index contributed by atoms with van der Waals surface area (Å²) in [5.74, 6) is 0. The van der Waals surface area contributed by atoms with Crippen LogP contribution in [0.5, 0.6) is 0 Å². The normalized spacial score (nSPS) is 15.4. The van der Waals surface area contributed by atoms with Crippen molar-refractivity contribution in [2.24, 2.45) is 0 Å². The highest BCUT2D eigenvalue weighted by atomic mass is 15.1. The zero-order valence-corrected chi connectivity index (χ0v) is 36.5. The molecule has 0 saturated carbocycles. The number of hydrogen-bond acceptors (Lipinski definition) is 1. The molecule has 0 saturated heterocycles. The van der Waals surface area contributed by atoms with Gasteiger partial charge in [0, 0.05) is 22.4 Å². The van der Waals surface area contributed by atoms with Crippen LogP contribution in [0.2, 0.25) is 0 Å². The van der Waals surface area contributed by atoms with Gasteiger partial charge in [0.1, 0.15) is 0 Å². The molecule has 0 radical (unpaired) electrons. The van der Waals surface area contributed by atoms with Crippen LogP contribution in [-0.4, -0.2) is 0 Å². The van der Waals surface area contributed by atoms with Crippen LogP contribution in [0.1, 0.15) is 47.2 Å². The third kappa shape index (κ3) is 5.33. The van der Waals surface area contributed by atoms with Gasteiger partial charge in [0.2, 0.25) is 0 Å². The van der Waals surface area contributed by atoms with Gasteiger partial charge in [-0.2, -0.15) is 0 Å². The average molecular weight is 828 g/mol. The van der Waals surface area contributed by atoms with E-state index in [1.807, 2.05) is 0 Å². The molecular weight excluding hydrogens is 783 g/mol. The van der Waals surface area contributed by atoms with Crippen molar-refractivity contribution in [1.82, 2.24) is 0 Å². The lowest BCUT2D eigenvalue weighted by atomic mass is 9.68. The van der Waals surface area contributed by atoms with Crippen LogP contribution in [0.4, 0.5) is 17.1 Å². The van der Waals surface area contributed by atoms with E-state index in [1.165, 1.54) is 100 Å². The van der Waals surface area contributed by atoms with E-state index in [0.717, 1.165) is 17.1 Å². The number of benzene rings is 10. The summed E-state index contributed by atoms with van der Waals surface area (Å²) in [6.45, 7) is 4.75. The molecule has 0 fully saturated rings. The molecule has 10 aromatic carbocycles. The van der Waals surface area contributed by atoms with Gasteiger partial charge in [0.15, 0.2) is 0 Å². The molecule has 0 N–H and O–H groups in total. The SMILES string of the molecule is CC1(C)c2ccccc2-c2ccc(N(c3ccc(-c4ccccc4)cc3)c3ccccc3-c3cccc4c3C3(c5ccccc5-4)c4ccccc4-c4c(-c5ccccc5)cccc43)cc21. The van der Waals surface area contributed by atoms with Crippen LogP contribution in [0.15, 0.2) is 237 Å². The van der Waals surface area contributed by atoms with Crippen molar-refractivity contribution in [3.63, 3.8) is 0 Å². The first-order chi connectivity index (χ1) is 32.0. The van der Waals surface area contributed by atoms with Crippen molar-refractivity contribution in [3.05, 3.63) is 270 Å². The third-order valence-corrected chi connectivity index (χ3v) is 14.7. The highest BCUT2D eigenvalue weighted by molar-refractivity contribution is 6.03. The summed E-state index contributed by atoms with van der Waals surface area (Å²) in [5, 5.41) is 0. The van der Waals surface area contributed by atoms with E-state index in [4.69, 9.17) is 0 Å². The first-order valence-corrected chi connectivity index (χ1v) is 22.8. The number of rotatable bonds is 6. The molecule has 1 unspecified atom stereocenters. The lowest BCUT2D eigenvalue weighted by molar-refractivity contribution is 0.660. The van der Waals surface area contributed by atoms with Gasteiger partial charge in [-0.25, -0.2) is 0 Å². The Morgan fingerprint density at radius 2 is 0.754 bits per heavy atom. The summed E-state index contributed by atoms with van der Waals surface area (Å²) < 4.78 is 0. The van der Waals surface area contributed by atoms with Crippen LogP contribution in [-0.2, 0) is 10.8 Å². The second-order valence-corrected chi connectivity index (χ2v) is 18.3. The van der Waals surface area contributed by atoms with Crippen molar-refractivity contribution in [2.75, 3.05) is 4.90 Å². The molecular formula is C64H45N. The Balaban J connectivity index is 1.07. The largest absolute Gasteiger partial charge is 0.310 e. The topological polar surface area (TPSA) is 3.24 Å². The van der Waals surface area contributed by atoms with Gasteiger partial charge in [-0.15, -0.1) is 0 Å². The molecule has 0 bridgehead atoms. The number of fused-ring (bicyclic) bond motifs is 13. The van der Waals surface area contributed by atoms with E-state index in [-0.39, 0.29) is 5.41 Å². The first-order valence-electron chi connectivity index (χ1n) is 22.8. The zero-order chi connectivity index (χ0) is 43.3. The average Bonchev–Trinajstić information content (AvgIpc) is 3.93. The fraction of sp³-hybridized carbons (Fsp3) is 0.0625. The van der Waals surface area contributed by atoms with Gasteiger partial charge in [-0.3, -0.25) is 0 Å². The van der Waals surface area contributed by atoms with Crippen LogP contribution in [0.3, 0.4) is 0 Å². The van der Waals surface area contributed by atoms with E-state index in [9.17, 15) is 0 Å². The molecule has 1 heteroatoms. The Labute approximate surface area is 381 Å². The van der Waals surface area contributed by atoms with E-state index in [2.05, 4.69) is 255 Å². The molecule has 306 valence electrons. The van der Waals surface area contributed by atoms with Crippen molar-refractivity contribution in [2.45, 2.75) is 24.7 Å². The van der Waals surface area contributed by atoms with Crippen LogP contribution in [0, 0.1) is 0 Å². The lowest BCUT2D eigenvalue weighted by Gasteiger charge is -2.34. The molecule has 1 nitrogen and oxygen atoms in total. The van der Waals surface area contributed by atoms with Gasteiger partial charge in [-0.05, 0) is 125 Å². The quantitative estimate of drug-likeness (QED) is 0.161. The Hall–Kier alpha value is -8.00. The van der Waals surface area contributed by atoms with Gasteiger partial charge in [0.25, 0.3) is 0 Å². The molecule has 65 heavy (non-hydrogen) atoms. The van der Waals surface area contributed by atoms with Gasteiger partial charge in [-0.1, -0.05) is 220 Å². The Morgan fingerprint density at radius 3 is 1.48 bits per heavy atom. The minimum absolute atomic E-state index is 0.148. The van der Waals surface area contributed by atoms with Gasteiger partial charge >= 0.3 is 0 Å².